The summed E-state index contributed by atoms with van der Waals surface area (Å²) in [5, 5.41) is 11.8. The quantitative estimate of drug-likeness (QED) is 0.372. The van der Waals surface area contributed by atoms with Gasteiger partial charge in [-0.05, 0) is 49.2 Å². The minimum atomic E-state index is -0.576. The SMILES string of the molecule is CC1=C(C(=O)Nc2cccnc2)C(c2ccc(Cl)c(Cl)c2)n2nc(-c3ccccc3C)nc2N1. The van der Waals surface area contributed by atoms with Gasteiger partial charge >= 0.3 is 0 Å². The summed E-state index contributed by atoms with van der Waals surface area (Å²) < 4.78 is 1.71. The lowest BCUT2D eigenvalue weighted by Gasteiger charge is -2.28. The molecule has 0 spiro atoms. The summed E-state index contributed by atoms with van der Waals surface area (Å²) in [6, 6.07) is 16.2. The molecule has 0 saturated carbocycles. The van der Waals surface area contributed by atoms with Gasteiger partial charge in [0.2, 0.25) is 5.95 Å². The number of benzene rings is 2. The number of rotatable bonds is 4. The number of carbonyl (C=O) groups excluding carboxylic acids is 1. The average Bonchev–Trinajstić information content (AvgIpc) is 3.24. The highest BCUT2D eigenvalue weighted by Crippen LogP contribution is 2.38. The zero-order valence-corrected chi connectivity index (χ0v) is 19.9. The Morgan fingerprint density at radius 2 is 1.88 bits per heavy atom. The number of aryl methyl sites for hydroxylation is 1. The highest BCUT2D eigenvalue weighted by atomic mass is 35.5. The van der Waals surface area contributed by atoms with Crippen LogP contribution in [0.3, 0.4) is 0 Å². The Morgan fingerprint density at radius 1 is 1.06 bits per heavy atom. The average molecular weight is 491 g/mol. The molecule has 0 radical (unpaired) electrons. The van der Waals surface area contributed by atoms with Crippen LogP contribution in [-0.2, 0) is 4.79 Å². The molecular weight excluding hydrogens is 471 g/mol. The summed E-state index contributed by atoms with van der Waals surface area (Å²) in [7, 11) is 0. The normalized spacial score (nSPS) is 15.0. The zero-order chi connectivity index (χ0) is 23.8. The molecule has 4 aromatic rings. The van der Waals surface area contributed by atoms with E-state index in [0.717, 1.165) is 16.7 Å². The first-order valence-corrected chi connectivity index (χ1v) is 11.3. The third-order valence-electron chi connectivity index (χ3n) is 5.66. The summed E-state index contributed by atoms with van der Waals surface area (Å²) in [6.07, 6.45) is 3.24. The fourth-order valence-corrected chi connectivity index (χ4v) is 4.32. The number of carbonyl (C=O) groups is 1. The van der Waals surface area contributed by atoms with E-state index >= 15 is 0 Å². The van der Waals surface area contributed by atoms with E-state index in [-0.39, 0.29) is 5.91 Å². The molecule has 1 aliphatic heterocycles. The Labute approximate surface area is 206 Å². The van der Waals surface area contributed by atoms with Crippen molar-refractivity contribution in [3.63, 3.8) is 0 Å². The Bertz CT molecular complexity index is 1430. The standard InChI is InChI=1S/C25H20Cl2N6O/c1-14-6-3-4-8-18(14)23-31-25-29-15(2)21(24(34)30-17-7-5-11-28-13-17)22(33(25)32-23)16-9-10-19(26)20(27)12-16/h3-13,22H,1-2H3,(H,30,34)(H,29,31,32). The van der Waals surface area contributed by atoms with Crippen LogP contribution in [0.1, 0.15) is 24.1 Å². The number of hydrogen-bond donors (Lipinski definition) is 2. The van der Waals surface area contributed by atoms with E-state index in [0.29, 0.717) is 38.8 Å². The summed E-state index contributed by atoms with van der Waals surface area (Å²) >= 11 is 12.5. The molecule has 2 aromatic carbocycles. The number of halogens is 2. The van der Waals surface area contributed by atoms with Crippen LogP contribution in [0.15, 0.2) is 78.3 Å². The van der Waals surface area contributed by atoms with E-state index in [9.17, 15) is 4.79 Å². The molecule has 9 heteroatoms. The Balaban J connectivity index is 1.64. The minimum Gasteiger partial charge on any atom is -0.328 e. The lowest BCUT2D eigenvalue weighted by molar-refractivity contribution is -0.113. The summed E-state index contributed by atoms with van der Waals surface area (Å²) in [5.74, 6) is 0.810. The molecule has 34 heavy (non-hydrogen) atoms. The molecule has 0 fully saturated rings. The zero-order valence-electron chi connectivity index (χ0n) is 18.4. The number of amides is 1. The van der Waals surface area contributed by atoms with Crippen LogP contribution in [0.5, 0.6) is 0 Å². The number of nitrogens with zero attached hydrogens (tertiary/aromatic N) is 4. The lowest BCUT2D eigenvalue weighted by atomic mass is 9.95. The van der Waals surface area contributed by atoms with Crippen LogP contribution in [0.25, 0.3) is 11.4 Å². The number of fused-ring (bicyclic) bond motifs is 1. The fraction of sp³-hybridized carbons (Fsp3) is 0.120. The predicted octanol–water partition coefficient (Wildman–Crippen LogP) is 5.88. The predicted molar refractivity (Wildman–Crippen MR) is 134 cm³/mol. The number of nitrogens with one attached hydrogen (secondary N) is 2. The number of pyridine rings is 1. The topological polar surface area (TPSA) is 84.7 Å². The van der Waals surface area contributed by atoms with E-state index in [1.165, 1.54) is 0 Å². The Hall–Kier alpha value is -3.68. The molecule has 0 aliphatic carbocycles. The van der Waals surface area contributed by atoms with Gasteiger partial charge in [-0.1, -0.05) is 53.5 Å². The molecule has 5 rings (SSSR count). The van der Waals surface area contributed by atoms with Crippen molar-refractivity contribution in [1.29, 1.82) is 0 Å². The van der Waals surface area contributed by atoms with E-state index < -0.39 is 6.04 Å². The summed E-state index contributed by atoms with van der Waals surface area (Å²) in [4.78, 5) is 22.3. The first kappa shape index (κ1) is 22.1. The second-order valence-corrected chi connectivity index (χ2v) is 8.77. The molecule has 2 N–H and O–H groups in total. The smallest absolute Gasteiger partial charge is 0.255 e. The molecule has 1 aliphatic rings. The Kier molecular flexibility index (Phi) is 5.81. The molecule has 1 amide bonds. The highest BCUT2D eigenvalue weighted by molar-refractivity contribution is 6.42. The largest absolute Gasteiger partial charge is 0.328 e. The third-order valence-corrected chi connectivity index (χ3v) is 6.40. The van der Waals surface area contributed by atoms with Crippen molar-refractivity contribution in [3.05, 3.63) is 99.4 Å². The van der Waals surface area contributed by atoms with Crippen molar-refractivity contribution < 1.29 is 4.79 Å². The Morgan fingerprint density at radius 3 is 2.62 bits per heavy atom. The van der Waals surface area contributed by atoms with E-state index in [1.807, 2.05) is 44.2 Å². The number of hydrogen-bond acceptors (Lipinski definition) is 5. The highest BCUT2D eigenvalue weighted by Gasteiger charge is 2.35. The molecule has 170 valence electrons. The van der Waals surface area contributed by atoms with Gasteiger partial charge in [-0.3, -0.25) is 9.78 Å². The first-order valence-electron chi connectivity index (χ1n) is 10.6. The van der Waals surface area contributed by atoms with Gasteiger partial charge in [-0.25, -0.2) is 4.68 Å². The van der Waals surface area contributed by atoms with Gasteiger partial charge in [0.1, 0.15) is 6.04 Å². The van der Waals surface area contributed by atoms with Crippen LogP contribution in [0.4, 0.5) is 11.6 Å². The summed E-state index contributed by atoms with van der Waals surface area (Å²) in [5.41, 5.74) is 4.46. The molecule has 0 bridgehead atoms. The molecule has 0 saturated heterocycles. The summed E-state index contributed by atoms with van der Waals surface area (Å²) in [6.45, 7) is 3.85. The van der Waals surface area contributed by atoms with Gasteiger partial charge in [-0.15, -0.1) is 5.10 Å². The van der Waals surface area contributed by atoms with Crippen molar-refractivity contribution >= 4 is 40.7 Å². The molecule has 3 heterocycles. The van der Waals surface area contributed by atoms with Crippen molar-refractivity contribution in [2.24, 2.45) is 0 Å². The van der Waals surface area contributed by atoms with Crippen LogP contribution in [0, 0.1) is 6.92 Å². The van der Waals surface area contributed by atoms with Crippen molar-refractivity contribution in [2.45, 2.75) is 19.9 Å². The molecule has 1 atom stereocenters. The monoisotopic (exact) mass is 490 g/mol. The van der Waals surface area contributed by atoms with Crippen LogP contribution >= 0.6 is 23.2 Å². The van der Waals surface area contributed by atoms with Crippen molar-refractivity contribution in [1.82, 2.24) is 19.7 Å². The maximum Gasteiger partial charge on any atom is 0.255 e. The van der Waals surface area contributed by atoms with Crippen LogP contribution < -0.4 is 10.6 Å². The molecule has 7 nitrogen and oxygen atoms in total. The number of allylic oxidation sites excluding steroid dienone is 1. The van der Waals surface area contributed by atoms with Gasteiger partial charge < -0.3 is 10.6 Å². The van der Waals surface area contributed by atoms with Gasteiger partial charge in [0.05, 0.1) is 27.5 Å². The molecule has 2 aromatic heterocycles. The van der Waals surface area contributed by atoms with Crippen LogP contribution in [-0.4, -0.2) is 25.7 Å². The lowest BCUT2D eigenvalue weighted by Crippen LogP contribution is -2.31. The second kappa shape index (κ2) is 8.93. The van der Waals surface area contributed by atoms with Gasteiger partial charge in [0.15, 0.2) is 5.82 Å². The van der Waals surface area contributed by atoms with Crippen molar-refractivity contribution in [3.8, 4) is 11.4 Å². The number of anilines is 2. The minimum absolute atomic E-state index is 0.285. The van der Waals surface area contributed by atoms with Gasteiger partial charge in [-0.2, -0.15) is 4.98 Å². The molecular formula is C25H20Cl2N6O. The first-order chi connectivity index (χ1) is 16.4. The number of aromatic nitrogens is 4. The van der Waals surface area contributed by atoms with E-state index in [2.05, 4.69) is 15.6 Å². The van der Waals surface area contributed by atoms with Gasteiger partial charge in [0, 0.05) is 17.5 Å². The maximum absolute atomic E-state index is 13.5. The van der Waals surface area contributed by atoms with E-state index in [1.54, 1.807) is 41.3 Å². The maximum atomic E-state index is 13.5. The second-order valence-electron chi connectivity index (χ2n) is 7.95. The van der Waals surface area contributed by atoms with E-state index in [4.69, 9.17) is 33.3 Å². The van der Waals surface area contributed by atoms with Gasteiger partial charge in [0.25, 0.3) is 5.91 Å². The van der Waals surface area contributed by atoms with Crippen molar-refractivity contribution in [2.75, 3.05) is 10.6 Å². The van der Waals surface area contributed by atoms with Crippen LogP contribution in [0.2, 0.25) is 10.0 Å². The fourth-order valence-electron chi connectivity index (χ4n) is 4.01. The molecule has 1 unspecified atom stereocenters. The third kappa shape index (κ3) is 4.04.